The molecule has 74 valence electrons. The normalized spacial score (nSPS) is 13.0. The number of rotatable bonds is 3. The van der Waals surface area contributed by atoms with Crippen molar-refractivity contribution < 1.29 is 0 Å². The molecular weight excluding hydrogens is 194 g/mol. The van der Waals surface area contributed by atoms with Gasteiger partial charge in [-0.15, -0.1) is 0 Å². The van der Waals surface area contributed by atoms with Gasteiger partial charge in [0.15, 0.2) is 0 Å². The first kappa shape index (κ1) is 9.43. The van der Waals surface area contributed by atoms with E-state index in [9.17, 15) is 0 Å². The predicted octanol–water partition coefficient (Wildman–Crippen LogP) is 2.06. The molecule has 14 heavy (non-hydrogen) atoms. The quantitative estimate of drug-likeness (QED) is 0.810. The molecule has 0 radical (unpaired) electrons. The van der Waals surface area contributed by atoms with Gasteiger partial charge in [-0.2, -0.15) is 4.37 Å². The molecule has 0 aliphatic carbocycles. The molecule has 0 aliphatic rings. The van der Waals surface area contributed by atoms with Gasteiger partial charge in [0.1, 0.15) is 5.00 Å². The highest BCUT2D eigenvalue weighted by Gasteiger charge is 2.04. The topological polar surface area (TPSA) is 50.9 Å². The van der Waals surface area contributed by atoms with Crippen LogP contribution < -0.4 is 11.1 Å². The van der Waals surface area contributed by atoms with E-state index in [1.165, 1.54) is 16.9 Å². The molecule has 0 bridgehead atoms. The summed E-state index contributed by atoms with van der Waals surface area (Å²) in [4.78, 5) is 0. The van der Waals surface area contributed by atoms with Gasteiger partial charge < -0.3 is 11.1 Å². The van der Waals surface area contributed by atoms with Crippen LogP contribution in [0.25, 0.3) is 10.9 Å². The number of nitrogens with zero attached hydrogens (tertiary/aromatic N) is 1. The highest BCUT2D eigenvalue weighted by atomic mass is 32.1. The summed E-state index contributed by atoms with van der Waals surface area (Å²) < 4.78 is 4.33. The maximum atomic E-state index is 5.67. The van der Waals surface area contributed by atoms with Crippen LogP contribution in [0.15, 0.2) is 24.3 Å². The summed E-state index contributed by atoms with van der Waals surface area (Å²) in [6.45, 7) is 2.77. The average Bonchev–Trinajstić information content (AvgIpc) is 2.58. The molecule has 0 spiro atoms. The Kier molecular flexibility index (Phi) is 2.65. The van der Waals surface area contributed by atoms with Crippen molar-refractivity contribution in [3.05, 3.63) is 24.3 Å². The minimum Gasteiger partial charge on any atom is -0.374 e. The summed E-state index contributed by atoms with van der Waals surface area (Å²) in [6, 6.07) is 8.27. The van der Waals surface area contributed by atoms with Crippen LogP contribution in [-0.4, -0.2) is 17.0 Å². The highest BCUT2D eigenvalue weighted by molar-refractivity contribution is 7.11. The summed E-state index contributed by atoms with van der Waals surface area (Å²) in [5.74, 6) is 0. The van der Waals surface area contributed by atoms with Gasteiger partial charge in [-0.1, -0.05) is 12.1 Å². The zero-order valence-corrected chi connectivity index (χ0v) is 8.84. The Morgan fingerprint density at radius 1 is 1.50 bits per heavy atom. The van der Waals surface area contributed by atoms with Crippen LogP contribution in [0.4, 0.5) is 5.00 Å². The summed E-state index contributed by atoms with van der Waals surface area (Å²) in [7, 11) is 0. The van der Waals surface area contributed by atoms with Crippen LogP contribution in [0, 0.1) is 0 Å². The van der Waals surface area contributed by atoms with Crippen LogP contribution in [0.1, 0.15) is 6.92 Å². The lowest BCUT2D eigenvalue weighted by atomic mass is 10.2. The van der Waals surface area contributed by atoms with Gasteiger partial charge in [0.2, 0.25) is 0 Å². The fourth-order valence-electron chi connectivity index (χ4n) is 1.27. The maximum absolute atomic E-state index is 5.67. The molecule has 0 saturated heterocycles. The van der Waals surface area contributed by atoms with Gasteiger partial charge in [-0.05, 0) is 30.6 Å². The summed E-state index contributed by atoms with van der Waals surface area (Å²) >= 11 is 1.49. The van der Waals surface area contributed by atoms with Crippen molar-refractivity contribution in [1.29, 1.82) is 0 Å². The van der Waals surface area contributed by atoms with Gasteiger partial charge in [-0.25, -0.2) is 0 Å². The van der Waals surface area contributed by atoms with Gasteiger partial charge in [0, 0.05) is 18.0 Å². The van der Waals surface area contributed by atoms with E-state index in [-0.39, 0.29) is 6.04 Å². The Labute approximate surface area is 87.1 Å². The Balaban J connectivity index is 2.25. The van der Waals surface area contributed by atoms with E-state index in [2.05, 4.69) is 15.8 Å². The smallest absolute Gasteiger partial charge is 0.117 e. The maximum Gasteiger partial charge on any atom is 0.117 e. The standard InChI is InChI=1S/C10H13N3S/c1-7(11)6-12-10-8-4-2-3-5-9(8)13-14-10/h2-5,7,12H,6,11H2,1H3. The van der Waals surface area contributed by atoms with Crippen LogP contribution in [-0.2, 0) is 0 Å². The third-order valence-electron chi connectivity index (χ3n) is 1.97. The lowest BCUT2D eigenvalue weighted by Crippen LogP contribution is -2.24. The molecule has 2 rings (SSSR count). The zero-order valence-electron chi connectivity index (χ0n) is 8.03. The molecule has 0 aliphatic heterocycles. The second-order valence-electron chi connectivity index (χ2n) is 3.39. The molecule has 1 heterocycles. The van der Waals surface area contributed by atoms with Gasteiger partial charge in [-0.3, -0.25) is 0 Å². The second-order valence-corrected chi connectivity index (χ2v) is 4.16. The van der Waals surface area contributed by atoms with Gasteiger partial charge in [0.25, 0.3) is 0 Å². The van der Waals surface area contributed by atoms with Gasteiger partial charge >= 0.3 is 0 Å². The molecule has 1 aromatic heterocycles. The van der Waals surface area contributed by atoms with E-state index >= 15 is 0 Å². The summed E-state index contributed by atoms with van der Waals surface area (Å²) in [6.07, 6.45) is 0. The molecule has 3 nitrogen and oxygen atoms in total. The van der Waals surface area contributed by atoms with Crippen molar-refractivity contribution in [3.8, 4) is 0 Å². The molecule has 4 heteroatoms. The molecule has 1 unspecified atom stereocenters. The Morgan fingerprint density at radius 2 is 2.29 bits per heavy atom. The molecular formula is C10H13N3S. The Hall–Kier alpha value is -1.13. The predicted molar refractivity (Wildman–Crippen MR) is 61.8 cm³/mol. The van der Waals surface area contributed by atoms with Crippen molar-refractivity contribution in [2.24, 2.45) is 5.73 Å². The molecule has 0 fully saturated rings. The van der Waals surface area contributed by atoms with E-state index in [1.54, 1.807) is 0 Å². The zero-order chi connectivity index (χ0) is 9.97. The number of fused-ring (bicyclic) bond motifs is 1. The lowest BCUT2D eigenvalue weighted by molar-refractivity contribution is 0.782. The van der Waals surface area contributed by atoms with E-state index in [4.69, 9.17) is 5.73 Å². The number of nitrogens with one attached hydrogen (secondary N) is 1. The molecule has 2 aromatic rings. The Bertz CT molecular complexity index is 422. The molecule has 0 saturated carbocycles. The molecule has 0 amide bonds. The second kappa shape index (κ2) is 3.94. The van der Waals surface area contributed by atoms with E-state index in [0.29, 0.717) is 0 Å². The highest BCUT2D eigenvalue weighted by Crippen LogP contribution is 2.26. The average molecular weight is 207 g/mol. The van der Waals surface area contributed by atoms with Crippen LogP contribution in [0.3, 0.4) is 0 Å². The van der Waals surface area contributed by atoms with E-state index in [0.717, 1.165) is 17.1 Å². The molecule has 1 atom stereocenters. The molecule has 1 aromatic carbocycles. The van der Waals surface area contributed by atoms with Crippen molar-refractivity contribution in [3.63, 3.8) is 0 Å². The lowest BCUT2D eigenvalue weighted by Gasteiger charge is -2.06. The number of aromatic nitrogens is 1. The fourth-order valence-corrected chi connectivity index (χ4v) is 2.04. The number of hydrogen-bond acceptors (Lipinski definition) is 4. The van der Waals surface area contributed by atoms with Crippen molar-refractivity contribution in [2.45, 2.75) is 13.0 Å². The summed E-state index contributed by atoms with van der Waals surface area (Å²) in [5.41, 5.74) is 6.72. The van der Waals surface area contributed by atoms with Crippen molar-refractivity contribution >= 4 is 27.4 Å². The minimum atomic E-state index is 0.163. The first-order valence-corrected chi connectivity index (χ1v) is 5.38. The van der Waals surface area contributed by atoms with Crippen LogP contribution in [0.2, 0.25) is 0 Å². The number of nitrogens with two attached hydrogens (primary N) is 1. The largest absolute Gasteiger partial charge is 0.374 e. The number of benzene rings is 1. The first-order chi connectivity index (χ1) is 6.77. The third-order valence-corrected chi connectivity index (χ3v) is 2.80. The van der Waals surface area contributed by atoms with E-state index < -0.39 is 0 Å². The monoisotopic (exact) mass is 207 g/mol. The molecule has 3 N–H and O–H groups in total. The third kappa shape index (κ3) is 1.86. The van der Waals surface area contributed by atoms with E-state index in [1.807, 2.05) is 25.1 Å². The van der Waals surface area contributed by atoms with Crippen molar-refractivity contribution in [1.82, 2.24) is 4.37 Å². The van der Waals surface area contributed by atoms with Crippen molar-refractivity contribution in [2.75, 3.05) is 11.9 Å². The first-order valence-electron chi connectivity index (χ1n) is 4.61. The minimum absolute atomic E-state index is 0.163. The Morgan fingerprint density at radius 3 is 3.07 bits per heavy atom. The van der Waals surface area contributed by atoms with Crippen LogP contribution >= 0.6 is 11.5 Å². The number of hydrogen-bond donors (Lipinski definition) is 2. The fraction of sp³-hybridized carbons (Fsp3) is 0.300. The number of anilines is 1. The summed E-state index contributed by atoms with van der Waals surface area (Å²) in [5, 5.41) is 5.59. The van der Waals surface area contributed by atoms with Gasteiger partial charge in [0.05, 0.1) is 5.52 Å². The van der Waals surface area contributed by atoms with Crippen LogP contribution in [0.5, 0.6) is 0 Å². The SMILES string of the molecule is CC(N)CNc1snc2ccccc12.